The van der Waals surface area contributed by atoms with Crippen molar-refractivity contribution in [3.8, 4) is 0 Å². The minimum Gasteiger partial charge on any atom is -0.289 e. The summed E-state index contributed by atoms with van der Waals surface area (Å²) >= 11 is 12.2. The smallest absolute Gasteiger partial charge is 0.194 e. The first-order chi connectivity index (χ1) is 15.0. The molecule has 1 heterocycles. The van der Waals surface area contributed by atoms with E-state index in [1.807, 2.05) is 48.6 Å². The van der Waals surface area contributed by atoms with Gasteiger partial charge in [0.2, 0.25) is 0 Å². The highest BCUT2D eigenvalue weighted by Gasteiger charge is 2.06. The van der Waals surface area contributed by atoms with E-state index in [9.17, 15) is 9.18 Å². The molecule has 5 rings (SSSR count). The van der Waals surface area contributed by atoms with Gasteiger partial charge in [-0.25, -0.2) is 9.37 Å². The largest absolute Gasteiger partial charge is 0.289 e. The lowest BCUT2D eigenvalue weighted by Crippen LogP contribution is -1.98. The number of halogens is 3. The van der Waals surface area contributed by atoms with E-state index in [-0.39, 0.29) is 10.5 Å². The van der Waals surface area contributed by atoms with E-state index in [0.717, 1.165) is 16.3 Å². The molecule has 0 N–H and O–H groups in total. The van der Waals surface area contributed by atoms with E-state index in [2.05, 4.69) is 4.98 Å². The molecule has 4 aromatic carbocycles. The normalized spacial score (nSPS) is 11.7. The van der Waals surface area contributed by atoms with Gasteiger partial charge in [0.1, 0.15) is 5.82 Å². The van der Waals surface area contributed by atoms with Crippen molar-refractivity contribution in [2.75, 3.05) is 0 Å². The van der Waals surface area contributed by atoms with Gasteiger partial charge in [0.25, 0.3) is 0 Å². The van der Waals surface area contributed by atoms with Gasteiger partial charge < -0.3 is 0 Å². The van der Waals surface area contributed by atoms with Gasteiger partial charge in [0, 0.05) is 26.6 Å². The SMILES string of the molecule is O=c1c2cc(/C=C/c3ccc4cc(F)c(Cl)cc4n3)ccc2ccc2c(Cl)cccc12. The molecule has 5 heteroatoms. The maximum absolute atomic E-state index is 13.6. The molecule has 0 aliphatic carbocycles. The summed E-state index contributed by atoms with van der Waals surface area (Å²) in [6.45, 7) is 0. The molecule has 0 unspecified atom stereocenters. The number of benzene rings is 3. The lowest BCUT2D eigenvalue weighted by molar-refractivity contribution is 0.630. The van der Waals surface area contributed by atoms with Crippen molar-refractivity contribution >= 4 is 67.8 Å². The van der Waals surface area contributed by atoms with Crippen LogP contribution in [0.1, 0.15) is 11.3 Å². The lowest BCUT2D eigenvalue weighted by Gasteiger charge is -2.01. The predicted octanol–water partition coefficient (Wildman–Crippen LogP) is 7.52. The average Bonchev–Trinajstić information content (AvgIpc) is 2.91. The molecule has 0 saturated carbocycles. The summed E-state index contributed by atoms with van der Waals surface area (Å²) in [5.74, 6) is -0.467. The van der Waals surface area contributed by atoms with Crippen molar-refractivity contribution in [1.29, 1.82) is 0 Å². The first-order valence-corrected chi connectivity index (χ1v) is 10.3. The van der Waals surface area contributed by atoms with Crippen molar-refractivity contribution in [3.63, 3.8) is 0 Å². The molecular formula is C26H14Cl2FNO. The summed E-state index contributed by atoms with van der Waals surface area (Å²) < 4.78 is 13.6. The number of rotatable bonds is 2. The Morgan fingerprint density at radius 1 is 0.742 bits per heavy atom. The van der Waals surface area contributed by atoms with Gasteiger partial charge in [-0.1, -0.05) is 71.7 Å². The number of hydrogen-bond acceptors (Lipinski definition) is 2. The lowest BCUT2D eigenvalue weighted by atomic mass is 10.1. The number of pyridine rings is 1. The van der Waals surface area contributed by atoms with Gasteiger partial charge in [0.05, 0.1) is 16.2 Å². The zero-order valence-corrected chi connectivity index (χ0v) is 17.6. The molecular weight excluding hydrogens is 432 g/mol. The molecule has 1 aromatic heterocycles. The second-order valence-electron chi connectivity index (χ2n) is 7.24. The Kier molecular flexibility index (Phi) is 4.93. The van der Waals surface area contributed by atoms with E-state index in [1.54, 1.807) is 24.3 Å². The van der Waals surface area contributed by atoms with Crippen LogP contribution in [0, 0.1) is 5.82 Å². The summed E-state index contributed by atoms with van der Waals surface area (Å²) in [7, 11) is 0. The average molecular weight is 446 g/mol. The molecule has 31 heavy (non-hydrogen) atoms. The fourth-order valence-corrected chi connectivity index (χ4v) is 4.05. The van der Waals surface area contributed by atoms with Gasteiger partial charge in [-0.3, -0.25) is 4.79 Å². The third-order valence-corrected chi connectivity index (χ3v) is 5.87. The first-order valence-electron chi connectivity index (χ1n) is 9.59. The number of hydrogen-bond donors (Lipinski definition) is 0. The Bertz CT molecular complexity index is 1590. The summed E-state index contributed by atoms with van der Waals surface area (Å²) in [4.78, 5) is 17.7. The van der Waals surface area contributed by atoms with Crippen molar-refractivity contribution in [3.05, 3.63) is 110 Å². The van der Waals surface area contributed by atoms with Crippen molar-refractivity contribution < 1.29 is 4.39 Å². The second kappa shape index (κ2) is 7.77. The fraction of sp³-hybridized carbons (Fsp3) is 0. The highest BCUT2D eigenvalue weighted by Crippen LogP contribution is 2.24. The molecule has 0 bridgehead atoms. The number of fused-ring (bicyclic) bond motifs is 3. The van der Waals surface area contributed by atoms with E-state index in [0.29, 0.717) is 32.4 Å². The molecule has 2 nitrogen and oxygen atoms in total. The minimum absolute atomic E-state index is 0.0406. The van der Waals surface area contributed by atoms with Crippen LogP contribution in [-0.4, -0.2) is 4.98 Å². The highest BCUT2D eigenvalue weighted by molar-refractivity contribution is 6.35. The molecule has 0 amide bonds. The van der Waals surface area contributed by atoms with Crippen molar-refractivity contribution in [2.24, 2.45) is 0 Å². The molecule has 5 aromatic rings. The van der Waals surface area contributed by atoms with Crippen LogP contribution in [0.5, 0.6) is 0 Å². The topological polar surface area (TPSA) is 30.0 Å². The molecule has 0 atom stereocenters. The minimum atomic E-state index is -0.467. The van der Waals surface area contributed by atoms with E-state index < -0.39 is 5.82 Å². The zero-order valence-electron chi connectivity index (χ0n) is 16.1. The van der Waals surface area contributed by atoms with Crippen LogP contribution in [0.3, 0.4) is 0 Å². The maximum atomic E-state index is 13.6. The molecule has 0 fully saturated rings. The predicted molar refractivity (Wildman–Crippen MR) is 128 cm³/mol. The number of aromatic nitrogens is 1. The maximum Gasteiger partial charge on any atom is 0.194 e. The standard InChI is InChI=1S/C26H14Cl2FNO/c27-22-3-1-2-20-19(22)11-8-16-6-4-15(12-21(16)26(20)31)5-9-18-10-7-17-13-24(29)23(28)14-25(17)30-18/h1-14H/b9-5+. The second-order valence-corrected chi connectivity index (χ2v) is 8.05. The molecule has 0 aliphatic rings. The van der Waals surface area contributed by atoms with Crippen LogP contribution < -0.4 is 5.43 Å². The van der Waals surface area contributed by atoms with E-state index in [1.165, 1.54) is 12.1 Å². The quantitative estimate of drug-likeness (QED) is 0.281. The van der Waals surface area contributed by atoms with Gasteiger partial charge in [-0.05, 0) is 47.4 Å². The Morgan fingerprint density at radius 2 is 1.55 bits per heavy atom. The highest BCUT2D eigenvalue weighted by atomic mass is 35.5. The first kappa shape index (κ1) is 19.7. The third-order valence-electron chi connectivity index (χ3n) is 5.25. The van der Waals surface area contributed by atoms with Gasteiger partial charge in [-0.15, -0.1) is 0 Å². The van der Waals surface area contributed by atoms with Gasteiger partial charge in [0.15, 0.2) is 5.43 Å². The van der Waals surface area contributed by atoms with Crippen molar-refractivity contribution in [2.45, 2.75) is 0 Å². The van der Waals surface area contributed by atoms with E-state index >= 15 is 0 Å². The summed E-state index contributed by atoms with van der Waals surface area (Å²) in [5.41, 5.74) is 2.12. The van der Waals surface area contributed by atoms with Crippen LogP contribution in [0.15, 0.2) is 77.6 Å². The molecule has 0 saturated heterocycles. The fourth-order valence-electron chi connectivity index (χ4n) is 3.65. The van der Waals surface area contributed by atoms with Gasteiger partial charge in [-0.2, -0.15) is 0 Å². The Balaban J connectivity index is 1.59. The summed E-state index contributed by atoms with van der Waals surface area (Å²) in [5, 5.41) is 4.06. The summed E-state index contributed by atoms with van der Waals surface area (Å²) in [6.07, 6.45) is 3.74. The zero-order chi connectivity index (χ0) is 21.5. The van der Waals surface area contributed by atoms with E-state index in [4.69, 9.17) is 23.2 Å². The summed E-state index contributed by atoms with van der Waals surface area (Å²) in [6, 6.07) is 21.3. The third kappa shape index (κ3) is 3.67. The van der Waals surface area contributed by atoms with Gasteiger partial charge >= 0.3 is 0 Å². The van der Waals surface area contributed by atoms with Crippen LogP contribution in [0.2, 0.25) is 10.0 Å². The Labute approximate surface area is 187 Å². The Hall–Kier alpha value is -3.27. The van der Waals surface area contributed by atoms with Crippen LogP contribution >= 0.6 is 23.2 Å². The molecule has 0 radical (unpaired) electrons. The van der Waals surface area contributed by atoms with Crippen LogP contribution in [0.4, 0.5) is 4.39 Å². The van der Waals surface area contributed by atoms with Crippen LogP contribution in [0.25, 0.3) is 44.6 Å². The molecule has 150 valence electrons. The van der Waals surface area contributed by atoms with Crippen molar-refractivity contribution in [1.82, 2.24) is 4.98 Å². The van der Waals surface area contributed by atoms with Crippen LogP contribution in [-0.2, 0) is 0 Å². The molecule has 0 aliphatic heterocycles. The Morgan fingerprint density at radius 3 is 2.42 bits per heavy atom. The number of nitrogens with zero attached hydrogens (tertiary/aromatic N) is 1. The molecule has 0 spiro atoms. The monoisotopic (exact) mass is 445 g/mol.